The second-order valence-electron chi connectivity index (χ2n) is 9.55. The van der Waals surface area contributed by atoms with Crippen molar-refractivity contribution in [3.8, 4) is 0 Å². The molecular formula is C32H31BrFN3O4S. The van der Waals surface area contributed by atoms with Gasteiger partial charge in [0, 0.05) is 24.0 Å². The Hall–Kier alpha value is -4.02. The van der Waals surface area contributed by atoms with Crippen LogP contribution in [0.1, 0.15) is 18.1 Å². The van der Waals surface area contributed by atoms with Crippen molar-refractivity contribution in [3.63, 3.8) is 0 Å². The Balaban J connectivity index is 1.77. The largest absolute Gasteiger partial charge is 0.355 e. The van der Waals surface area contributed by atoms with E-state index < -0.39 is 34.3 Å². The Bertz CT molecular complexity index is 1590. The van der Waals surface area contributed by atoms with Gasteiger partial charge in [-0.25, -0.2) is 12.8 Å². The van der Waals surface area contributed by atoms with Gasteiger partial charge < -0.3 is 10.2 Å². The Morgan fingerprint density at radius 1 is 0.833 bits per heavy atom. The van der Waals surface area contributed by atoms with E-state index in [2.05, 4.69) is 21.2 Å². The molecule has 0 aliphatic carbocycles. The number of sulfonamides is 1. The summed E-state index contributed by atoms with van der Waals surface area (Å²) in [7, 11) is -4.28. The fraction of sp³-hybridized carbons (Fsp3) is 0.188. The minimum absolute atomic E-state index is 0.0694. The van der Waals surface area contributed by atoms with Gasteiger partial charge in [0.1, 0.15) is 18.4 Å². The first-order chi connectivity index (χ1) is 20.2. The standard InChI is InChI=1S/C32H31BrFN3O4S/c1-2-35-32(39)30(21-24-9-5-3-6-10-24)36(22-25-13-15-26(33)16-14-25)31(38)23-37(28-11-7-4-8-12-28)42(40,41)29-19-17-27(34)18-20-29/h3-20,30H,2,21-23H2,1H3,(H,35,39)/t30-/m0/s1. The lowest BCUT2D eigenvalue weighted by molar-refractivity contribution is -0.140. The summed E-state index contributed by atoms with van der Waals surface area (Å²) in [5, 5.41) is 2.83. The molecule has 1 atom stereocenters. The monoisotopic (exact) mass is 651 g/mol. The number of hydrogen-bond donors (Lipinski definition) is 1. The van der Waals surface area contributed by atoms with Crippen molar-refractivity contribution in [2.45, 2.75) is 30.8 Å². The smallest absolute Gasteiger partial charge is 0.264 e. The Morgan fingerprint density at radius 3 is 2.02 bits per heavy atom. The zero-order valence-electron chi connectivity index (χ0n) is 23.0. The second kappa shape index (κ2) is 14.2. The number of amides is 2. The number of carbonyl (C=O) groups is 2. The molecule has 0 aromatic heterocycles. The summed E-state index contributed by atoms with van der Waals surface area (Å²) >= 11 is 3.42. The van der Waals surface area contributed by atoms with E-state index in [-0.39, 0.29) is 29.5 Å². The van der Waals surface area contributed by atoms with E-state index in [1.807, 2.05) is 54.6 Å². The van der Waals surface area contributed by atoms with Crippen LogP contribution in [0.3, 0.4) is 0 Å². The third-order valence-electron chi connectivity index (χ3n) is 6.61. The number of anilines is 1. The average Bonchev–Trinajstić information content (AvgIpc) is 2.99. The lowest BCUT2D eigenvalue weighted by Crippen LogP contribution is -2.53. The highest BCUT2D eigenvalue weighted by atomic mass is 79.9. The first kappa shape index (κ1) is 30.9. The summed E-state index contributed by atoms with van der Waals surface area (Å²) in [6, 6.07) is 28.5. The second-order valence-corrected chi connectivity index (χ2v) is 12.3. The summed E-state index contributed by atoms with van der Waals surface area (Å²) in [6.07, 6.45) is 0.227. The number of halogens is 2. The minimum atomic E-state index is -4.28. The molecule has 0 bridgehead atoms. The molecule has 0 spiro atoms. The van der Waals surface area contributed by atoms with Crippen molar-refractivity contribution < 1.29 is 22.4 Å². The van der Waals surface area contributed by atoms with Crippen molar-refractivity contribution >= 4 is 43.5 Å². The van der Waals surface area contributed by atoms with Gasteiger partial charge in [-0.2, -0.15) is 0 Å². The zero-order chi connectivity index (χ0) is 30.1. The number of nitrogens with one attached hydrogen (secondary N) is 1. The average molecular weight is 653 g/mol. The zero-order valence-corrected chi connectivity index (χ0v) is 25.4. The SMILES string of the molecule is CCNC(=O)[C@H](Cc1ccccc1)N(Cc1ccc(Br)cc1)C(=O)CN(c1ccccc1)S(=O)(=O)c1ccc(F)cc1. The van der Waals surface area contributed by atoms with E-state index in [1.165, 1.54) is 4.90 Å². The van der Waals surface area contributed by atoms with Crippen molar-refractivity contribution in [2.24, 2.45) is 0 Å². The van der Waals surface area contributed by atoms with Crippen LogP contribution in [-0.4, -0.2) is 44.3 Å². The Labute approximate surface area is 254 Å². The molecule has 0 heterocycles. The van der Waals surface area contributed by atoms with Crippen LogP contribution in [0.15, 0.2) is 119 Å². The van der Waals surface area contributed by atoms with Gasteiger partial charge in [0.05, 0.1) is 10.6 Å². The lowest BCUT2D eigenvalue weighted by Gasteiger charge is -2.33. The van der Waals surface area contributed by atoms with Crippen LogP contribution >= 0.6 is 15.9 Å². The van der Waals surface area contributed by atoms with Crippen LogP contribution in [0.5, 0.6) is 0 Å². The van der Waals surface area contributed by atoms with E-state index in [1.54, 1.807) is 37.3 Å². The third-order valence-corrected chi connectivity index (χ3v) is 8.93. The maximum atomic E-state index is 14.2. The van der Waals surface area contributed by atoms with Crippen LogP contribution in [0.2, 0.25) is 0 Å². The Morgan fingerprint density at radius 2 is 1.43 bits per heavy atom. The molecule has 0 saturated heterocycles. The van der Waals surface area contributed by atoms with E-state index in [0.717, 1.165) is 44.2 Å². The number of rotatable bonds is 12. The minimum Gasteiger partial charge on any atom is -0.355 e. The highest BCUT2D eigenvalue weighted by molar-refractivity contribution is 9.10. The summed E-state index contributed by atoms with van der Waals surface area (Å²) in [5.41, 5.74) is 1.87. The van der Waals surface area contributed by atoms with Crippen LogP contribution in [0.25, 0.3) is 0 Å². The highest BCUT2D eigenvalue weighted by Gasteiger charge is 2.34. The third kappa shape index (κ3) is 7.83. The first-order valence-corrected chi connectivity index (χ1v) is 15.6. The molecule has 4 aromatic rings. The van der Waals surface area contributed by atoms with Gasteiger partial charge in [0.15, 0.2) is 0 Å². The fourth-order valence-electron chi connectivity index (χ4n) is 4.49. The molecule has 42 heavy (non-hydrogen) atoms. The Kier molecular flexibility index (Phi) is 10.5. The summed E-state index contributed by atoms with van der Waals surface area (Å²) < 4.78 is 43.2. The van der Waals surface area contributed by atoms with Gasteiger partial charge in [-0.15, -0.1) is 0 Å². The number of para-hydroxylation sites is 1. The molecule has 10 heteroatoms. The molecule has 0 fully saturated rings. The number of hydrogen-bond acceptors (Lipinski definition) is 4. The molecule has 0 aliphatic heterocycles. The molecule has 4 aromatic carbocycles. The molecule has 7 nitrogen and oxygen atoms in total. The molecule has 2 amide bonds. The molecule has 218 valence electrons. The molecule has 0 saturated carbocycles. The molecule has 0 unspecified atom stereocenters. The van der Waals surface area contributed by atoms with Gasteiger partial charge >= 0.3 is 0 Å². The van der Waals surface area contributed by atoms with Crippen LogP contribution in [0.4, 0.5) is 10.1 Å². The number of carbonyl (C=O) groups excluding carboxylic acids is 2. The summed E-state index contributed by atoms with van der Waals surface area (Å²) in [5.74, 6) is -1.50. The fourth-order valence-corrected chi connectivity index (χ4v) is 6.17. The molecular weight excluding hydrogens is 621 g/mol. The van der Waals surface area contributed by atoms with Gasteiger partial charge in [0.2, 0.25) is 11.8 Å². The normalized spacial score (nSPS) is 11.9. The summed E-state index contributed by atoms with van der Waals surface area (Å²) in [4.78, 5) is 29.0. The number of nitrogens with zero attached hydrogens (tertiary/aromatic N) is 2. The van der Waals surface area contributed by atoms with Gasteiger partial charge in [-0.05, 0) is 66.6 Å². The highest BCUT2D eigenvalue weighted by Crippen LogP contribution is 2.25. The van der Waals surface area contributed by atoms with E-state index in [9.17, 15) is 22.4 Å². The maximum Gasteiger partial charge on any atom is 0.264 e. The molecule has 0 radical (unpaired) electrons. The number of benzene rings is 4. The van der Waals surface area contributed by atoms with Crippen molar-refractivity contribution in [1.82, 2.24) is 10.2 Å². The predicted molar refractivity (Wildman–Crippen MR) is 165 cm³/mol. The van der Waals surface area contributed by atoms with E-state index in [4.69, 9.17) is 0 Å². The van der Waals surface area contributed by atoms with Crippen molar-refractivity contribution in [1.29, 1.82) is 0 Å². The van der Waals surface area contributed by atoms with Crippen molar-refractivity contribution in [3.05, 3.63) is 131 Å². The van der Waals surface area contributed by atoms with Gasteiger partial charge in [-0.3, -0.25) is 13.9 Å². The van der Waals surface area contributed by atoms with E-state index in [0.29, 0.717) is 6.54 Å². The quantitative estimate of drug-likeness (QED) is 0.217. The predicted octanol–water partition coefficient (Wildman–Crippen LogP) is 5.56. The van der Waals surface area contributed by atoms with Gasteiger partial charge in [0.25, 0.3) is 10.0 Å². The topological polar surface area (TPSA) is 86.8 Å². The number of likely N-dealkylation sites (N-methyl/N-ethyl adjacent to an activating group) is 1. The first-order valence-electron chi connectivity index (χ1n) is 13.4. The van der Waals surface area contributed by atoms with Gasteiger partial charge in [-0.1, -0.05) is 76.6 Å². The van der Waals surface area contributed by atoms with Crippen LogP contribution in [-0.2, 0) is 32.6 Å². The lowest BCUT2D eigenvalue weighted by atomic mass is 10.0. The molecule has 4 rings (SSSR count). The van der Waals surface area contributed by atoms with Crippen LogP contribution in [0, 0.1) is 5.82 Å². The van der Waals surface area contributed by atoms with Crippen molar-refractivity contribution in [2.75, 3.05) is 17.4 Å². The summed E-state index contributed by atoms with van der Waals surface area (Å²) in [6.45, 7) is 1.65. The van der Waals surface area contributed by atoms with Crippen LogP contribution < -0.4 is 9.62 Å². The molecule has 1 N–H and O–H groups in total. The van der Waals surface area contributed by atoms with E-state index >= 15 is 0 Å². The maximum absolute atomic E-state index is 14.2. The molecule has 0 aliphatic rings.